The highest BCUT2D eigenvalue weighted by Gasteiger charge is 2.42. The Morgan fingerprint density at radius 2 is 1.97 bits per heavy atom. The monoisotopic (exact) mass is 532 g/mol. The van der Waals surface area contributed by atoms with E-state index in [2.05, 4.69) is 21.6 Å². The van der Waals surface area contributed by atoms with Crippen LogP contribution in [-0.2, 0) is 4.79 Å². The van der Waals surface area contributed by atoms with Crippen molar-refractivity contribution in [2.75, 3.05) is 44.7 Å². The molecule has 2 aliphatic rings. The molecule has 202 valence electrons. The molecule has 0 saturated carbocycles. The van der Waals surface area contributed by atoms with Crippen molar-refractivity contribution in [3.8, 4) is 11.8 Å². The summed E-state index contributed by atoms with van der Waals surface area (Å²) in [6.07, 6.45) is 1.65. The molecule has 5 rings (SSSR count). The van der Waals surface area contributed by atoms with Gasteiger partial charge >= 0.3 is 0 Å². The van der Waals surface area contributed by atoms with Gasteiger partial charge < -0.3 is 19.9 Å². The van der Waals surface area contributed by atoms with Gasteiger partial charge in [0.1, 0.15) is 23.5 Å². The Morgan fingerprint density at radius 3 is 2.72 bits per heavy atom. The van der Waals surface area contributed by atoms with Crippen molar-refractivity contribution in [2.45, 2.75) is 24.8 Å². The van der Waals surface area contributed by atoms with Crippen molar-refractivity contribution in [1.82, 2.24) is 20.4 Å². The Bertz CT molecular complexity index is 1350. The van der Waals surface area contributed by atoms with Crippen LogP contribution in [0.25, 0.3) is 0 Å². The topological polar surface area (TPSA) is 94.4 Å². The zero-order valence-corrected chi connectivity index (χ0v) is 21.7. The Labute approximate surface area is 226 Å². The predicted octanol–water partition coefficient (Wildman–Crippen LogP) is 3.81. The number of rotatable bonds is 5. The summed E-state index contributed by atoms with van der Waals surface area (Å²) >= 11 is 0. The van der Waals surface area contributed by atoms with E-state index in [4.69, 9.17) is 10.00 Å². The summed E-state index contributed by atoms with van der Waals surface area (Å²) in [7, 11) is 1.65. The van der Waals surface area contributed by atoms with Crippen LogP contribution in [-0.4, -0.2) is 60.8 Å². The Balaban J connectivity index is 1.33. The summed E-state index contributed by atoms with van der Waals surface area (Å²) in [5.41, 5.74) is 1.64. The molecule has 2 aromatic carbocycles. The fourth-order valence-electron chi connectivity index (χ4n) is 5.58. The molecule has 1 amide bonds. The van der Waals surface area contributed by atoms with Gasteiger partial charge in [0.15, 0.2) is 11.5 Å². The standard InChI is InChI=1S/C29H30F2N6O2/c1-39-22-5-2-4-19(14-22)27-6-3-12-36(13-11-33-27)29(38)25-18-37(28-10-8-21(16-32)34-35-28)17-24(25)23-9-7-20(30)15-26(23)31/h2,4-5,7-10,14-15,24-25,27,33H,3,6,11-13,17-18H2,1H3/t24-,25+,27?/m0/s1. The summed E-state index contributed by atoms with van der Waals surface area (Å²) in [5.74, 6) is -1.10. The van der Waals surface area contributed by atoms with Crippen molar-refractivity contribution in [3.05, 3.63) is 83.1 Å². The van der Waals surface area contributed by atoms with E-state index in [1.54, 1.807) is 19.2 Å². The number of carbonyl (C=O) groups is 1. The molecular formula is C29H30F2N6O2. The number of nitrogens with zero attached hydrogens (tertiary/aromatic N) is 5. The van der Waals surface area contributed by atoms with E-state index in [0.29, 0.717) is 44.1 Å². The van der Waals surface area contributed by atoms with Gasteiger partial charge in [-0.2, -0.15) is 5.26 Å². The van der Waals surface area contributed by atoms with Crippen LogP contribution >= 0.6 is 0 Å². The van der Waals surface area contributed by atoms with Gasteiger partial charge in [0.25, 0.3) is 0 Å². The number of nitrogens with one attached hydrogen (secondary N) is 1. The van der Waals surface area contributed by atoms with Gasteiger partial charge in [-0.3, -0.25) is 4.79 Å². The summed E-state index contributed by atoms with van der Waals surface area (Å²) in [6, 6.07) is 16.9. The van der Waals surface area contributed by atoms with E-state index in [1.165, 1.54) is 12.1 Å². The lowest BCUT2D eigenvalue weighted by atomic mass is 9.87. The number of nitriles is 1. The smallest absolute Gasteiger partial charge is 0.228 e. The van der Waals surface area contributed by atoms with Crippen LogP contribution in [0.4, 0.5) is 14.6 Å². The lowest BCUT2D eigenvalue weighted by molar-refractivity contribution is -0.135. The van der Waals surface area contributed by atoms with Crippen molar-refractivity contribution in [1.29, 1.82) is 5.26 Å². The van der Waals surface area contributed by atoms with E-state index >= 15 is 0 Å². The number of amides is 1. The molecule has 3 heterocycles. The largest absolute Gasteiger partial charge is 0.497 e. The van der Waals surface area contributed by atoms with Gasteiger partial charge in [0, 0.05) is 50.7 Å². The zero-order chi connectivity index (χ0) is 27.4. The Kier molecular flexibility index (Phi) is 7.98. The molecule has 1 aromatic heterocycles. The number of hydrogen-bond donors (Lipinski definition) is 1. The maximum atomic E-state index is 14.9. The number of anilines is 1. The number of halogens is 2. The highest BCUT2D eigenvalue weighted by Crippen LogP contribution is 2.37. The van der Waals surface area contributed by atoms with Crippen molar-refractivity contribution < 1.29 is 18.3 Å². The highest BCUT2D eigenvalue weighted by molar-refractivity contribution is 5.81. The molecule has 0 aliphatic carbocycles. The Morgan fingerprint density at radius 1 is 1.10 bits per heavy atom. The predicted molar refractivity (Wildman–Crippen MR) is 141 cm³/mol. The van der Waals surface area contributed by atoms with E-state index < -0.39 is 23.5 Å². The molecule has 0 spiro atoms. The first-order valence-electron chi connectivity index (χ1n) is 13.1. The number of carbonyl (C=O) groups excluding carboxylic acids is 1. The lowest BCUT2D eigenvalue weighted by Gasteiger charge is -2.32. The normalized spacial score (nSPS) is 21.6. The molecule has 0 bridgehead atoms. The zero-order valence-electron chi connectivity index (χ0n) is 21.7. The van der Waals surface area contributed by atoms with Gasteiger partial charge in [-0.05, 0) is 54.3 Å². The minimum absolute atomic E-state index is 0.0607. The van der Waals surface area contributed by atoms with Gasteiger partial charge in [0.2, 0.25) is 5.91 Å². The SMILES string of the molecule is COc1cccc(C2CCCN(C(=O)[C@@H]3CN(c4ccc(C#N)nn4)C[C@H]3c3ccc(F)cc3F)CCN2)c1. The summed E-state index contributed by atoms with van der Waals surface area (Å²) < 4.78 is 34.0. The molecular weight excluding hydrogens is 502 g/mol. The molecule has 1 unspecified atom stereocenters. The third kappa shape index (κ3) is 5.83. The van der Waals surface area contributed by atoms with Crippen molar-refractivity contribution in [2.24, 2.45) is 5.92 Å². The number of aromatic nitrogens is 2. The van der Waals surface area contributed by atoms with E-state index in [9.17, 15) is 13.6 Å². The van der Waals surface area contributed by atoms with E-state index in [0.717, 1.165) is 30.2 Å². The molecule has 3 atom stereocenters. The molecule has 10 heteroatoms. The summed E-state index contributed by atoms with van der Waals surface area (Å²) in [5, 5.41) is 20.6. The molecule has 2 fully saturated rings. The third-order valence-corrected chi connectivity index (χ3v) is 7.59. The van der Waals surface area contributed by atoms with Crippen LogP contribution < -0.4 is 15.0 Å². The highest BCUT2D eigenvalue weighted by atomic mass is 19.1. The maximum Gasteiger partial charge on any atom is 0.228 e. The van der Waals surface area contributed by atoms with Crippen LogP contribution in [0.1, 0.15) is 41.6 Å². The fourth-order valence-corrected chi connectivity index (χ4v) is 5.58. The quantitative estimate of drug-likeness (QED) is 0.534. The van der Waals surface area contributed by atoms with Crippen LogP contribution in [0.2, 0.25) is 0 Å². The maximum absolute atomic E-state index is 14.9. The summed E-state index contributed by atoms with van der Waals surface area (Å²) in [4.78, 5) is 17.6. The molecule has 3 aromatic rings. The van der Waals surface area contributed by atoms with E-state index in [-0.39, 0.29) is 17.6 Å². The molecule has 2 saturated heterocycles. The van der Waals surface area contributed by atoms with Gasteiger partial charge in [-0.25, -0.2) is 8.78 Å². The average Bonchev–Trinajstić information content (AvgIpc) is 3.38. The van der Waals surface area contributed by atoms with Crippen LogP contribution in [0.15, 0.2) is 54.6 Å². The second kappa shape index (κ2) is 11.7. The molecule has 1 N–H and O–H groups in total. The van der Waals surface area contributed by atoms with Gasteiger partial charge in [-0.1, -0.05) is 18.2 Å². The second-order valence-electron chi connectivity index (χ2n) is 9.92. The van der Waals surface area contributed by atoms with E-state index in [1.807, 2.05) is 34.1 Å². The molecule has 0 radical (unpaired) electrons. The first-order chi connectivity index (χ1) is 19.0. The molecule has 39 heavy (non-hydrogen) atoms. The van der Waals surface area contributed by atoms with Crippen LogP contribution in [0.3, 0.4) is 0 Å². The van der Waals surface area contributed by atoms with Gasteiger partial charge in [0.05, 0.1) is 13.0 Å². The summed E-state index contributed by atoms with van der Waals surface area (Å²) in [6.45, 7) is 2.36. The minimum atomic E-state index is -0.666. The average molecular weight is 533 g/mol. The van der Waals surface area contributed by atoms with Crippen molar-refractivity contribution in [3.63, 3.8) is 0 Å². The molecule has 2 aliphatic heterocycles. The van der Waals surface area contributed by atoms with Crippen LogP contribution in [0, 0.1) is 28.9 Å². The Hall–Kier alpha value is -4.10. The first kappa shape index (κ1) is 26.5. The van der Waals surface area contributed by atoms with Crippen LogP contribution in [0.5, 0.6) is 5.75 Å². The number of ether oxygens (including phenoxy) is 1. The lowest BCUT2D eigenvalue weighted by Crippen LogP contribution is -2.45. The number of methoxy groups -OCH3 is 1. The van der Waals surface area contributed by atoms with Crippen molar-refractivity contribution >= 4 is 11.7 Å². The third-order valence-electron chi connectivity index (χ3n) is 7.59. The minimum Gasteiger partial charge on any atom is -0.497 e. The molecule has 8 nitrogen and oxygen atoms in total. The number of benzene rings is 2. The van der Waals surface area contributed by atoms with Gasteiger partial charge in [-0.15, -0.1) is 10.2 Å². The number of hydrogen-bond acceptors (Lipinski definition) is 7. The fraction of sp³-hybridized carbons (Fsp3) is 0.379. The second-order valence-corrected chi connectivity index (χ2v) is 9.92. The first-order valence-corrected chi connectivity index (χ1v) is 13.1.